The Labute approximate surface area is 116 Å². The maximum absolute atomic E-state index is 12.2. The van der Waals surface area contributed by atoms with Gasteiger partial charge < -0.3 is 14.7 Å². The van der Waals surface area contributed by atoms with E-state index in [9.17, 15) is 4.79 Å². The fourth-order valence-corrected chi connectivity index (χ4v) is 3.26. The predicted molar refractivity (Wildman–Crippen MR) is 73.8 cm³/mol. The molecule has 0 aromatic heterocycles. The number of aliphatic hydroxyl groups excluding tert-OH is 1. The minimum atomic E-state index is 0.0842. The monoisotopic (exact) mass is 269 g/mol. The number of carbonyl (C=O) groups excluding carboxylic acids is 1. The molecule has 2 aliphatic rings. The molecule has 1 saturated carbocycles. The molecule has 0 radical (unpaired) electrons. The smallest absolute Gasteiger partial charge is 0.222 e. The van der Waals surface area contributed by atoms with Crippen molar-refractivity contribution in [2.24, 2.45) is 5.92 Å². The summed E-state index contributed by atoms with van der Waals surface area (Å²) in [6.45, 7) is 2.14. The standard InChI is InChI=1S/C15H27NO3/c17-10-11-19-14-6-8-16(9-7-14)15(18)12-13-4-2-1-3-5-13/h13-14,17H,1-12H2. The van der Waals surface area contributed by atoms with Gasteiger partial charge >= 0.3 is 0 Å². The summed E-state index contributed by atoms with van der Waals surface area (Å²) in [6.07, 6.45) is 9.23. The number of ether oxygens (including phenoxy) is 1. The van der Waals surface area contributed by atoms with Crippen molar-refractivity contribution in [1.29, 1.82) is 0 Å². The van der Waals surface area contributed by atoms with Crippen LogP contribution < -0.4 is 0 Å². The van der Waals surface area contributed by atoms with Crippen molar-refractivity contribution in [3.8, 4) is 0 Å². The first-order valence-corrected chi connectivity index (χ1v) is 7.80. The Morgan fingerprint density at radius 3 is 2.42 bits per heavy atom. The van der Waals surface area contributed by atoms with E-state index in [2.05, 4.69) is 0 Å². The molecule has 110 valence electrons. The number of likely N-dealkylation sites (tertiary alicyclic amines) is 1. The van der Waals surface area contributed by atoms with E-state index in [1.807, 2.05) is 4.90 Å². The minimum Gasteiger partial charge on any atom is -0.394 e. The molecule has 0 atom stereocenters. The van der Waals surface area contributed by atoms with Gasteiger partial charge in [-0.25, -0.2) is 0 Å². The van der Waals surface area contributed by atoms with Crippen LogP contribution in [0.5, 0.6) is 0 Å². The van der Waals surface area contributed by atoms with Crippen LogP contribution in [-0.2, 0) is 9.53 Å². The lowest BCUT2D eigenvalue weighted by Gasteiger charge is -2.33. The number of hydrogen-bond acceptors (Lipinski definition) is 3. The second-order valence-electron chi connectivity index (χ2n) is 5.88. The van der Waals surface area contributed by atoms with Crippen LogP contribution >= 0.6 is 0 Å². The third-order valence-electron chi connectivity index (χ3n) is 4.43. The number of amides is 1. The Balaban J connectivity index is 1.67. The first-order chi connectivity index (χ1) is 9.29. The van der Waals surface area contributed by atoms with Gasteiger partial charge in [-0.2, -0.15) is 0 Å². The van der Waals surface area contributed by atoms with Crippen molar-refractivity contribution in [2.45, 2.75) is 57.5 Å². The van der Waals surface area contributed by atoms with Crippen molar-refractivity contribution in [3.63, 3.8) is 0 Å². The highest BCUT2D eigenvalue weighted by molar-refractivity contribution is 5.76. The highest BCUT2D eigenvalue weighted by Crippen LogP contribution is 2.27. The van der Waals surface area contributed by atoms with Crippen molar-refractivity contribution in [3.05, 3.63) is 0 Å². The molecule has 4 nitrogen and oxygen atoms in total. The molecule has 2 rings (SSSR count). The first kappa shape index (κ1) is 14.8. The summed E-state index contributed by atoms with van der Waals surface area (Å²) >= 11 is 0. The normalized spacial score (nSPS) is 22.7. The van der Waals surface area contributed by atoms with Gasteiger partial charge in [0, 0.05) is 19.5 Å². The molecule has 1 aliphatic carbocycles. The van der Waals surface area contributed by atoms with Gasteiger partial charge in [0.25, 0.3) is 0 Å². The SMILES string of the molecule is O=C(CC1CCCCC1)N1CCC(OCCO)CC1. The molecule has 1 N–H and O–H groups in total. The van der Waals surface area contributed by atoms with Gasteiger partial charge in [-0.15, -0.1) is 0 Å². The van der Waals surface area contributed by atoms with Crippen molar-refractivity contribution in [1.82, 2.24) is 4.90 Å². The van der Waals surface area contributed by atoms with Crippen molar-refractivity contribution in [2.75, 3.05) is 26.3 Å². The van der Waals surface area contributed by atoms with Gasteiger partial charge in [-0.3, -0.25) is 4.79 Å². The first-order valence-electron chi connectivity index (χ1n) is 7.80. The number of aliphatic hydroxyl groups is 1. The molecule has 1 aliphatic heterocycles. The van der Waals surface area contributed by atoms with Crippen LogP contribution in [-0.4, -0.2) is 48.3 Å². The summed E-state index contributed by atoms with van der Waals surface area (Å²) in [5, 5.41) is 8.73. The lowest BCUT2D eigenvalue weighted by Crippen LogP contribution is -2.41. The molecule has 2 fully saturated rings. The molecule has 1 amide bonds. The van der Waals surface area contributed by atoms with Gasteiger partial charge in [-0.1, -0.05) is 19.3 Å². The lowest BCUT2D eigenvalue weighted by molar-refractivity contribution is -0.135. The Bertz CT molecular complexity index is 269. The van der Waals surface area contributed by atoms with Crippen LogP contribution in [0, 0.1) is 5.92 Å². The lowest BCUT2D eigenvalue weighted by atomic mass is 9.86. The highest BCUT2D eigenvalue weighted by atomic mass is 16.5. The summed E-state index contributed by atoms with van der Waals surface area (Å²) in [5.41, 5.74) is 0. The van der Waals surface area contributed by atoms with Gasteiger partial charge in [0.1, 0.15) is 0 Å². The second-order valence-corrected chi connectivity index (χ2v) is 5.88. The molecule has 1 saturated heterocycles. The molecule has 0 bridgehead atoms. The highest BCUT2D eigenvalue weighted by Gasteiger charge is 2.25. The average Bonchev–Trinajstić information content (AvgIpc) is 2.46. The van der Waals surface area contributed by atoms with E-state index in [0.29, 0.717) is 18.4 Å². The molecule has 0 aromatic carbocycles. The summed E-state index contributed by atoms with van der Waals surface area (Å²) in [7, 11) is 0. The number of piperidine rings is 1. The Morgan fingerprint density at radius 2 is 1.79 bits per heavy atom. The van der Waals surface area contributed by atoms with Crippen LogP contribution in [0.25, 0.3) is 0 Å². The number of carbonyl (C=O) groups is 1. The zero-order valence-corrected chi connectivity index (χ0v) is 11.9. The van der Waals surface area contributed by atoms with Crippen LogP contribution in [0.3, 0.4) is 0 Å². The molecular formula is C15H27NO3. The Kier molecular flexibility index (Phi) is 6.11. The zero-order valence-electron chi connectivity index (χ0n) is 11.9. The Hall–Kier alpha value is -0.610. The third-order valence-corrected chi connectivity index (χ3v) is 4.43. The minimum absolute atomic E-state index is 0.0842. The quantitative estimate of drug-likeness (QED) is 0.830. The second kappa shape index (κ2) is 7.85. The summed E-state index contributed by atoms with van der Waals surface area (Å²) in [5.74, 6) is 0.970. The van der Waals surface area contributed by atoms with Crippen LogP contribution in [0.15, 0.2) is 0 Å². The van der Waals surface area contributed by atoms with E-state index < -0.39 is 0 Å². The van der Waals surface area contributed by atoms with E-state index in [4.69, 9.17) is 9.84 Å². The molecule has 4 heteroatoms. The third kappa shape index (κ3) is 4.77. The molecule has 1 heterocycles. The molecule has 0 aromatic rings. The number of hydrogen-bond donors (Lipinski definition) is 1. The summed E-state index contributed by atoms with van der Waals surface area (Å²) < 4.78 is 5.52. The van der Waals surface area contributed by atoms with Crippen LogP contribution in [0.4, 0.5) is 0 Å². The van der Waals surface area contributed by atoms with E-state index in [1.165, 1.54) is 32.1 Å². The van der Waals surface area contributed by atoms with E-state index in [1.54, 1.807) is 0 Å². The topological polar surface area (TPSA) is 49.8 Å². The number of nitrogens with zero attached hydrogens (tertiary/aromatic N) is 1. The fraction of sp³-hybridized carbons (Fsp3) is 0.933. The maximum atomic E-state index is 12.2. The number of rotatable bonds is 5. The molecule has 0 spiro atoms. The van der Waals surface area contributed by atoms with E-state index in [0.717, 1.165) is 32.4 Å². The molecule has 0 unspecified atom stereocenters. The predicted octanol–water partition coefficient (Wildman–Crippen LogP) is 1.96. The van der Waals surface area contributed by atoms with Gasteiger partial charge in [-0.05, 0) is 31.6 Å². The van der Waals surface area contributed by atoms with E-state index >= 15 is 0 Å². The van der Waals surface area contributed by atoms with Crippen molar-refractivity contribution >= 4 is 5.91 Å². The largest absolute Gasteiger partial charge is 0.394 e. The van der Waals surface area contributed by atoms with Gasteiger partial charge in [0.05, 0.1) is 19.3 Å². The Morgan fingerprint density at radius 1 is 1.11 bits per heavy atom. The summed E-state index contributed by atoms with van der Waals surface area (Å²) in [6, 6.07) is 0. The fourth-order valence-electron chi connectivity index (χ4n) is 3.26. The zero-order chi connectivity index (χ0) is 13.5. The van der Waals surface area contributed by atoms with Gasteiger partial charge in [0.15, 0.2) is 0 Å². The summed E-state index contributed by atoms with van der Waals surface area (Å²) in [4.78, 5) is 14.2. The maximum Gasteiger partial charge on any atom is 0.222 e. The molecular weight excluding hydrogens is 242 g/mol. The molecule has 19 heavy (non-hydrogen) atoms. The van der Waals surface area contributed by atoms with E-state index in [-0.39, 0.29) is 12.7 Å². The van der Waals surface area contributed by atoms with Gasteiger partial charge in [0.2, 0.25) is 5.91 Å². The average molecular weight is 269 g/mol. The van der Waals surface area contributed by atoms with Crippen LogP contribution in [0.1, 0.15) is 51.4 Å². The van der Waals surface area contributed by atoms with Crippen LogP contribution in [0.2, 0.25) is 0 Å². The van der Waals surface area contributed by atoms with Crippen molar-refractivity contribution < 1.29 is 14.6 Å².